The molecule has 1 amide bonds. The van der Waals surface area contributed by atoms with Gasteiger partial charge in [-0.1, -0.05) is 42.5 Å². The van der Waals surface area contributed by atoms with E-state index in [0.29, 0.717) is 29.6 Å². The van der Waals surface area contributed by atoms with Crippen molar-refractivity contribution < 1.29 is 19.0 Å². The maximum atomic E-state index is 12.5. The number of nitrogens with one attached hydrogen (secondary N) is 2. The lowest BCUT2D eigenvalue weighted by Gasteiger charge is -2.26. The second kappa shape index (κ2) is 10.3. The topological polar surface area (TPSA) is 111 Å². The molecular formula is C23H23N5O4. The number of para-hydroxylation sites is 1. The Morgan fingerprint density at radius 1 is 1.25 bits per heavy atom. The van der Waals surface area contributed by atoms with Crippen molar-refractivity contribution in [1.82, 2.24) is 20.6 Å². The zero-order chi connectivity index (χ0) is 22.2. The largest absolute Gasteiger partial charge is 0.490 e. The first-order valence-electron chi connectivity index (χ1n) is 10.3. The number of tetrazole rings is 1. The van der Waals surface area contributed by atoms with E-state index in [9.17, 15) is 4.79 Å². The summed E-state index contributed by atoms with van der Waals surface area (Å²) in [6, 6.07) is 12.8. The van der Waals surface area contributed by atoms with Gasteiger partial charge in [-0.15, -0.1) is 10.2 Å². The molecule has 0 spiro atoms. The van der Waals surface area contributed by atoms with Gasteiger partial charge in [-0.3, -0.25) is 4.79 Å². The van der Waals surface area contributed by atoms with Crippen LogP contribution in [0.3, 0.4) is 0 Å². The number of carbonyl (C=O) groups is 1. The van der Waals surface area contributed by atoms with Gasteiger partial charge in [-0.2, -0.15) is 5.21 Å². The first-order valence-corrected chi connectivity index (χ1v) is 10.3. The summed E-state index contributed by atoms with van der Waals surface area (Å²) in [5.74, 6) is 1.82. The Morgan fingerprint density at radius 3 is 2.91 bits per heavy atom. The number of H-pyrrole nitrogens is 1. The summed E-state index contributed by atoms with van der Waals surface area (Å²) in [5.41, 5.74) is 1.37. The lowest BCUT2D eigenvalue weighted by molar-refractivity contribution is -0.111. The fraction of sp³-hybridized carbons (Fsp3) is 0.217. The van der Waals surface area contributed by atoms with Crippen molar-refractivity contribution in [1.29, 1.82) is 0 Å². The summed E-state index contributed by atoms with van der Waals surface area (Å²) in [6.07, 6.45) is 7.69. The van der Waals surface area contributed by atoms with Gasteiger partial charge in [-0.05, 0) is 42.3 Å². The molecule has 1 atom stereocenters. The molecule has 164 valence electrons. The average molecular weight is 433 g/mol. The molecule has 2 N–H and O–H groups in total. The molecule has 0 radical (unpaired) electrons. The maximum Gasteiger partial charge on any atom is 0.248 e. The number of ether oxygens (including phenoxy) is 3. The number of nitrogens with zero attached hydrogens (tertiary/aromatic N) is 3. The number of aromatic nitrogens is 4. The Hall–Kier alpha value is -4.14. The Bertz CT molecular complexity index is 1090. The molecule has 1 aliphatic heterocycles. The van der Waals surface area contributed by atoms with Crippen LogP contribution in [0.1, 0.15) is 30.8 Å². The summed E-state index contributed by atoms with van der Waals surface area (Å²) in [6.45, 7) is 2.86. The fourth-order valence-corrected chi connectivity index (χ4v) is 3.02. The zero-order valence-electron chi connectivity index (χ0n) is 17.5. The maximum absolute atomic E-state index is 12.5. The minimum Gasteiger partial charge on any atom is -0.490 e. The van der Waals surface area contributed by atoms with Crippen LogP contribution in [0.5, 0.6) is 17.2 Å². The fourth-order valence-electron chi connectivity index (χ4n) is 3.02. The van der Waals surface area contributed by atoms with Crippen LogP contribution in [0.4, 0.5) is 5.69 Å². The average Bonchev–Trinajstić information content (AvgIpc) is 3.36. The molecule has 2 heterocycles. The molecule has 0 aliphatic carbocycles. The van der Waals surface area contributed by atoms with Crippen molar-refractivity contribution in [3.05, 3.63) is 72.1 Å². The quantitative estimate of drug-likeness (QED) is 0.411. The number of allylic oxidation sites excluding steroid dienone is 1. The van der Waals surface area contributed by atoms with Gasteiger partial charge in [0.15, 0.2) is 17.6 Å². The predicted molar refractivity (Wildman–Crippen MR) is 119 cm³/mol. The van der Waals surface area contributed by atoms with E-state index in [0.717, 1.165) is 17.7 Å². The van der Waals surface area contributed by atoms with Crippen molar-refractivity contribution in [2.75, 3.05) is 18.5 Å². The Kier molecular flexibility index (Phi) is 6.76. The lowest BCUT2D eigenvalue weighted by Crippen LogP contribution is -2.24. The summed E-state index contributed by atoms with van der Waals surface area (Å²) >= 11 is 0. The van der Waals surface area contributed by atoms with E-state index in [4.69, 9.17) is 14.2 Å². The number of anilines is 1. The van der Waals surface area contributed by atoms with Gasteiger partial charge in [0.2, 0.25) is 11.7 Å². The SMILES string of the molecule is CCC=CCOc1ccc(C=CC(=O)Nc2cccc3c2OC(c2nn[nH]n2)CO3)cc1. The van der Waals surface area contributed by atoms with Crippen LogP contribution in [0.15, 0.2) is 60.7 Å². The predicted octanol–water partition coefficient (Wildman–Crippen LogP) is 3.71. The Balaban J connectivity index is 1.37. The highest BCUT2D eigenvalue weighted by molar-refractivity contribution is 6.03. The molecule has 3 aromatic rings. The highest BCUT2D eigenvalue weighted by atomic mass is 16.6. The van der Waals surface area contributed by atoms with Crippen molar-refractivity contribution >= 4 is 17.7 Å². The van der Waals surface area contributed by atoms with Crippen LogP contribution in [0.25, 0.3) is 6.08 Å². The molecule has 0 bridgehead atoms. The molecule has 0 saturated carbocycles. The van der Waals surface area contributed by atoms with Gasteiger partial charge in [0.25, 0.3) is 0 Å². The van der Waals surface area contributed by atoms with Crippen LogP contribution in [0.2, 0.25) is 0 Å². The number of amides is 1. The van der Waals surface area contributed by atoms with Gasteiger partial charge < -0.3 is 19.5 Å². The number of hydrogen-bond donors (Lipinski definition) is 2. The zero-order valence-corrected chi connectivity index (χ0v) is 17.5. The normalized spacial score (nSPS) is 15.2. The molecule has 0 fully saturated rings. The molecule has 32 heavy (non-hydrogen) atoms. The van der Waals surface area contributed by atoms with Crippen molar-refractivity contribution in [2.45, 2.75) is 19.4 Å². The molecule has 1 aromatic heterocycles. The van der Waals surface area contributed by atoms with Crippen molar-refractivity contribution in [2.24, 2.45) is 0 Å². The number of rotatable bonds is 8. The second-order valence-corrected chi connectivity index (χ2v) is 6.90. The highest BCUT2D eigenvalue weighted by Crippen LogP contribution is 2.41. The van der Waals surface area contributed by atoms with Gasteiger partial charge in [0.1, 0.15) is 19.0 Å². The molecule has 4 rings (SSSR count). The van der Waals surface area contributed by atoms with Crippen molar-refractivity contribution in [3.8, 4) is 17.2 Å². The van der Waals surface area contributed by atoms with E-state index in [1.165, 1.54) is 6.08 Å². The molecule has 1 unspecified atom stereocenters. The summed E-state index contributed by atoms with van der Waals surface area (Å²) < 4.78 is 17.3. The molecule has 1 aliphatic rings. The van der Waals surface area contributed by atoms with Crippen LogP contribution >= 0.6 is 0 Å². The number of hydrogen-bond acceptors (Lipinski definition) is 7. The molecule has 0 saturated heterocycles. The lowest BCUT2D eigenvalue weighted by atomic mass is 10.2. The second-order valence-electron chi connectivity index (χ2n) is 6.90. The van der Waals surface area contributed by atoms with Crippen LogP contribution in [-0.4, -0.2) is 39.7 Å². The Labute approximate surface area is 185 Å². The van der Waals surface area contributed by atoms with Gasteiger partial charge in [-0.25, -0.2) is 0 Å². The Morgan fingerprint density at radius 2 is 2.12 bits per heavy atom. The monoisotopic (exact) mass is 433 g/mol. The van der Waals surface area contributed by atoms with E-state index in [1.807, 2.05) is 30.3 Å². The minimum absolute atomic E-state index is 0.248. The van der Waals surface area contributed by atoms with Crippen molar-refractivity contribution in [3.63, 3.8) is 0 Å². The first kappa shape index (κ1) is 21.1. The third-order valence-corrected chi connectivity index (χ3v) is 4.59. The van der Waals surface area contributed by atoms with E-state index in [2.05, 4.69) is 38.9 Å². The minimum atomic E-state index is -0.520. The molecule has 2 aromatic carbocycles. The number of fused-ring (bicyclic) bond motifs is 1. The summed E-state index contributed by atoms with van der Waals surface area (Å²) in [7, 11) is 0. The van der Waals surface area contributed by atoms with Crippen LogP contribution in [0, 0.1) is 0 Å². The van der Waals surface area contributed by atoms with Crippen LogP contribution in [-0.2, 0) is 4.79 Å². The van der Waals surface area contributed by atoms with Gasteiger partial charge in [0.05, 0.1) is 5.69 Å². The van der Waals surface area contributed by atoms with Crippen LogP contribution < -0.4 is 19.5 Å². The third kappa shape index (κ3) is 5.31. The number of benzene rings is 2. The number of aromatic amines is 1. The smallest absolute Gasteiger partial charge is 0.248 e. The van der Waals surface area contributed by atoms with E-state index >= 15 is 0 Å². The third-order valence-electron chi connectivity index (χ3n) is 4.59. The molecule has 9 heteroatoms. The summed E-state index contributed by atoms with van der Waals surface area (Å²) in [4.78, 5) is 12.5. The molecule has 9 nitrogen and oxygen atoms in total. The summed E-state index contributed by atoms with van der Waals surface area (Å²) in [5, 5.41) is 16.6. The first-order chi connectivity index (χ1) is 15.7. The number of carbonyl (C=O) groups excluding carboxylic acids is 1. The van der Waals surface area contributed by atoms with E-state index in [-0.39, 0.29) is 12.5 Å². The molecular weight excluding hydrogens is 410 g/mol. The standard InChI is InChI=1S/C23H23N5O4/c1-2-3-4-14-30-17-11-8-16(9-12-17)10-13-21(29)24-18-6-5-7-19-22(18)32-20(15-31-19)23-25-27-28-26-23/h3-13,20H,2,14-15H2,1H3,(H,24,29)(H,25,26,27,28). The van der Waals surface area contributed by atoms with Gasteiger partial charge in [0, 0.05) is 6.08 Å². The van der Waals surface area contributed by atoms with Gasteiger partial charge >= 0.3 is 0 Å². The van der Waals surface area contributed by atoms with E-state index in [1.54, 1.807) is 24.3 Å². The van der Waals surface area contributed by atoms with E-state index < -0.39 is 6.10 Å². The highest BCUT2D eigenvalue weighted by Gasteiger charge is 2.28.